The van der Waals surface area contributed by atoms with Crippen LogP contribution in [-0.2, 0) is 7.05 Å². The van der Waals surface area contributed by atoms with Crippen LogP contribution in [0.4, 0.5) is 0 Å². The lowest BCUT2D eigenvalue weighted by molar-refractivity contribution is 0.241. The van der Waals surface area contributed by atoms with Gasteiger partial charge in [-0.1, -0.05) is 6.92 Å². The van der Waals surface area contributed by atoms with Gasteiger partial charge >= 0.3 is 0 Å². The smallest absolute Gasteiger partial charge is 0.138 e. The van der Waals surface area contributed by atoms with E-state index in [-0.39, 0.29) is 12.1 Å². The second-order valence-electron chi connectivity index (χ2n) is 5.45. The van der Waals surface area contributed by atoms with Gasteiger partial charge in [0.05, 0.1) is 24.0 Å². The number of hydrogen-bond acceptors (Lipinski definition) is 4. The van der Waals surface area contributed by atoms with Gasteiger partial charge in [-0.05, 0) is 38.9 Å². The maximum atomic E-state index is 5.74. The molecule has 0 aromatic carbocycles. The van der Waals surface area contributed by atoms with Gasteiger partial charge in [-0.15, -0.1) is 0 Å². The summed E-state index contributed by atoms with van der Waals surface area (Å²) in [6, 6.07) is 2.12. The van der Waals surface area contributed by atoms with E-state index < -0.39 is 0 Å². The Balaban J connectivity index is 2.36. The summed E-state index contributed by atoms with van der Waals surface area (Å²) >= 11 is 0. The van der Waals surface area contributed by atoms with Crippen LogP contribution < -0.4 is 10.1 Å². The minimum Gasteiger partial charge on any atom is -0.489 e. The molecule has 2 aromatic rings. The molecule has 0 fully saturated rings. The molecule has 0 aliphatic carbocycles. The average molecular weight is 288 g/mol. The summed E-state index contributed by atoms with van der Waals surface area (Å²) in [5.74, 6) is 0.798. The zero-order valence-corrected chi connectivity index (χ0v) is 13.4. The molecule has 21 heavy (non-hydrogen) atoms. The predicted octanol–water partition coefficient (Wildman–Crippen LogP) is 2.61. The monoisotopic (exact) mass is 288 g/mol. The van der Waals surface area contributed by atoms with Crippen molar-refractivity contribution in [1.82, 2.24) is 20.1 Å². The van der Waals surface area contributed by atoms with E-state index in [1.54, 1.807) is 6.20 Å². The molecule has 5 nitrogen and oxygen atoms in total. The molecule has 0 radical (unpaired) electrons. The summed E-state index contributed by atoms with van der Waals surface area (Å²) in [7, 11) is 1.94. The van der Waals surface area contributed by atoms with E-state index >= 15 is 0 Å². The topological polar surface area (TPSA) is 52.0 Å². The predicted molar refractivity (Wildman–Crippen MR) is 83.5 cm³/mol. The molecule has 0 aliphatic rings. The molecular weight excluding hydrogens is 264 g/mol. The summed E-state index contributed by atoms with van der Waals surface area (Å²) < 4.78 is 7.59. The molecule has 1 unspecified atom stereocenters. The molecular formula is C16H24N4O. The average Bonchev–Trinajstić information content (AvgIpc) is 2.74. The fraction of sp³-hybridized carbons (Fsp3) is 0.500. The van der Waals surface area contributed by atoms with Crippen LogP contribution in [0.1, 0.15) is 43.6 Å². The van der Waals surface area contributed by atoms with E-state index in [1.165, 1.54) is 5.56 Å². The fourth-order valence-corrected chi connectivity index (χ4v) is 2.44. The maximum Gasteiger partial charge on any atom is 0.138 e. The summed E-state index contributed by atoms with van der Waals surface area (Å²) in [6.45, 7) is 9.02. The van der Waals surface area contributed by atoms with Crippen molar-refractivity contribution >= 4 is 0 Å². The molecule has 1 N–H and O–H groups in total. The largest absolute Gasteiger partial charge is 0.489 e. The van der Waals surface area contributed by atoms with Crippen LogP contribution in [0, 0.1) is 6.92 Å². The lowest BCUT2D eigenvalue weighted by Gasteiger charge is -2.19. The molecule has 0 amide bonds. The molecule has 0 bridgehead atoms. The second-order valence-corrected chi connectivity index (χ2v) is 5.45. The number of nitrogens with one attached hydrogen (secondary N) is 1. The third-order valence-corrected chi connectivity index (χ3v) is 3.21. The standard InChI is InChI=1S/C16H24N4O/c1-6-18-16(15-10-20(5)19-12(15)4)13-7-14(9-17-8-13)21-11(2)3/h7-11,16,18H,6H2,1-5H3. The van der Waals surface area contributed by atoms with Crippen molar-refractivity contribution in [2.45, 2.75) is 39.8 Å². The Kier molecular flexibility index (Phi) is 4.96. The Hall–Kier alpha value is -1.88. The van der Waals surface area contributed by atoms with E-state index in [0.29, 0.717) is 0 Å². The van der Waals surface area contributed by atoms with E-state index in [4.69, 9.17) is 4.74 Å². The lowest BCUT2D eigenvalue weighted by Crippen LogP contribution is -2.22. The first-order chi connectivity index (χ1) is 10.0. The third kappa shape index (κ3) is 3.82. The third-order valence-electron chi connectivity index (χ3n) is 3.21. The highest BCUT2D eigenvalue weighted by Crippen LogP contribution is 2.26. The molecule has 0 saturated heterocycles. The van der Waals surface area contributed by atoms with E-state index in [9.17, 15) is 0 Å². The van der Waals surface area contributed by atoms with Crippen LogP contribution in [0.15, 0.2) is 24.7 Å². The van der Waals surface area contributed by atoms with Gasteiger partial charge in [-0.25, -0.2) is 0 Å². The van der Waals surface area contributed by atoms with Crippen molar-refractivity contribution in [1.29, 1.82) is 0 Å². The molecule has 5 heteroatoms. The molecule has 2 heterocycles. The van der Waals surface area contributed by atoms with Crippen molar-refractivity contribution in [2.24, 2.45) is 7.05 Å². The van der Waals surface area contributed by atoms with Gasteiger partial charge < -0.3 is 10.1 Å². The van der Waals surface area contributed by atoms with Gasteiger partial charge in [0.25, 0.3) is 0 Å². The van der Waals surface area contributed by atoms with Gasteiger partial charge in [0, 0.05) is 25.0 Å². The summed E-state index contributed by atoms with van der Waals surface area (Å²) in [5.41, 5.74) is 3.28. The molecule has 1 atom stereocenters. The number of pyridine rings is 1. The lowest BCUT2D eigenvalue weighted by atomic mass is 10.0. The Labute approximate surface area is 126 Å². The van der Waals surface area contributed by atoms with E-state index in [2.05, 4.69) is 28.5 Å². The Morgan fingerprint density at radius 3 is 2.67 bits per heavy atom. The van der Waals surface area contributed by atoms with Crippen LogP contribution in [0.25, 0.3) is 0 Å². The molecule has 114 valence electrons. The molecule has 0 saturated carbocycles. The first-order valence-corrected chi connectivity index (χ1v) is 7.36. The van der Waals surface area contributed by atoms with E-state index in [1.807, 2.05) is 44.8 Å². The minimum atomic E-state index is 0.0758. The number of aryl methyl sites for hydroxylation is 2. The Morgan fingerprint density at radius 1 is 1.33 bits per heavy atom. The fourth-order valence-electron chi connectivity index (χ4n) is 2.44. The first kappa shape index (κ1) is 15.5. The van der Waals surface area contributed by atoms with E-state index in [0.717, 1.165) is 23.6 Å². The van der Waals surface area contributed by atoms with Gasteiger partial charge in [-0.3, -0.25) is 9.67 Å². The van der Waals surface area contributed by atoms with Crippen molar-refractivity contribution in [3.8, 4) is 5.75 Å². The summed E-state index contributed by atoms with van der Waals surface area (Å²) in [5, 5.41) is 7.94. The second kappa shape index (κ2) is 6.72. The molecule has 0 aliphatic heterocycles. The van der Waals surface area contributed by atoms with Gasteiger partial charge in [0.15, 0.2) is 0 Å². The highest BCUT2D eigenvalue weighted by Gasteiger charge is 2.18. The number of ether oxygens (including phenoxy) is 1. The van der Waals surface area contributed by atoms with Crippen molar-refractivity contribution in [2.75, 3.05) is 6.54 Å². The van der Waals surface area contributed by atoms with Crippen molar-refractivity contribution in [3.63, 3.8) is 0 Å². The first-order valence-electron chi connectivity index (χ1n) is 7.36. The molecule has 2 aromatic heterocycles. The van der Waals surface area contributed by atoms with Crippen molar-refractivity contribution in [3.05, 3.63) is 41.5 Å². The summed E-state index contributed by atoms with van der Waals surface area (Å²) in [4.78, 5) is 4.31. The number of rotatable bonds is 6. The van der Waals surface area contributed by atoms with Gasteiger partial charge in [-0.2, -0.15) is 5.10 Å². The zero-order valence-electron chi connectivity index (χ0n) is 13.4. The molecule has 0 spiro atoms. The van der Waals surface area contributed by atoms with Crippen LogP contribution in [0.3, 0.4) is 0 Å². The highest BCUT2D eigenvalue weighted by atomic mass is 16.5. The maximum absolute atomic E-state index is 5.74. The minimum absolute atomic E-state index is 0.0758. The Morgan fingerprint density at radius 2 is 2.10 bits per heavy atom. The van der Waals surface area contributed by atoms with Crippen LogP contribution in [0.5, 0.6) is 5.75 Å². The summed E-state index contributed by atoms with van der Waals surface area (Å²) in [6.07, 6.45) is 5.83. The van der Waals surface area contributed by atoms with Crippen molar-refractivity contribution < 1.29 is 4.74 Å². The van der Waals surface area contributed by atoms with Crippen LogP contribution >= 0.6 is 0 Å². The normalized spacial score (nSPS) is 12.7. The number of hydrogen-bond donors (Lipinski definition) is 1. The van der Waals surface area contributed by atoms with Gasteiger partial charge in [0.1, 0.15) is 5.75 Å². The Bertz CT molecular complexity index is 592. The number of nitrogens with zero attached hydrogens (tertiary/aromatic N) is 3. The van der Waals surface area contributed by atoms with Crippen LogP contribution in [-0.4, -0.2) is 27.4 Å². The SMILES string of the molecule is CCNC(c1cncc(OC(C)C)c1)c1cn(C)nc1C. The van der Waals surface area contributed by atoms with Gasteiger partial charge in [0.2, 0.25) is 0 Å². The molecule has 2 rings (SSSR count). The highest BCUT2D eigenvalue weighted by molar-refractivity contribution is 5.35. The quantitative estimate of drug-likeness (QED) is 0.887. The number of aromatic nitrogens is 3. The zero-order chi connectivity index (χ0) is 15.4. The van der Waals surface area contributed by atoms with Crippen LogP contribution in [0.2, 0.25) is 0 Å².